The summed E-state index contributed by atoms with van der Waals surface area (Å²) in [6, 6.07) is 4.42. The molecule has 1 aromatic rings. The number of rotatable bonds is 8. The van der Waals surface area contributed by atoms with Crippen molar-refractivity contribution in [1.82, 2.24) is 9.80 Å². The van der Waals surface area contributed by atoms with E-state index in [9.17, 15) is 23.1 Å². The fourth-order valence-electron chi connectivity index (χ4n) is 3.54. The summed E-state index contributed by atoms with van der Waals surface area (Å²) in [5.41, 5.74) is 0.724. The number of nitrogens with zero attached hydrogens (tertiary/aromatic N) is 2. The molecule has 164 valence electrons. The molecule has 1 aliphatic heterocycles. The third-order valence-electron chi connectivity index (χ3n) is 5.32. The van der Waals surface area contributed by atoms with Crippen LogP contribution in [0.3, 0.4) is 0 Å². The van der Waals surface area contributed by atoms with Gasteiger partial charge < -0.3 is 10.0 Å². The number of likely N-dealkylation sites (N-methyl/N-ethyl adjacent to an activating group) is 1. The Morgan fingerprint density at radius 2 is 2.03 bits per heavy atom. The SMILES string of the molecule is C=C/C=C\C(=C/C)[C@@H](CN1CC[C@H](O)C1)N(C)C(=O)Cc1ccc(C(F)(F)F)cc1. The number of alkyl halides is 3. The summed E-state index contributed by atoms with van der Waals surface area (Å²) in [7, 11) is 1.70. The first-order valence-corrected chi connectivity index (χ1v) is 9.93. The predicted octanol–water partition coefficient (Wildman–Crippen LogP) is 3.83. The number of carbonyl (C=O) groups excluding carboxylic acids is 1. The van der Waals surface area contributed by atoms with Gasteiger partial charge in [-0.2, -0.15) is 13.2 Å². The van der Waals surface area contributed by atoms with E-state index in [-0.39, 0.29) is 24.5 Å². The third kappa shape index (κ3) is 6.57. The topological polar surface area (TPSA) is 43.8 Å². The Morgan fingerprint density at radius 1 is 1.37 bits per heavy atom. The van der Waals surface area contributed by atoms with Gasteiger partial charge in [-0.25, -0.2) is 0 Å². The highest BCUT2D eigenvalue weighted by Crippen LogP contribution is 2.29. The number of allylic oxidation sites excluding steroid dienone is 3. The van der Waals surface area contributed by atoms with Gasteiger partial charge in [0.2, 0.25) is 5.91 Å². The number of likely N-dealkylation sites (tertiary alicyclic amines) is 1. The van der Waals surface area contributed by atoms with E-state index in [1.165, 1.54) is 12.1 Å². The molecule has 0 aliphatic carbocycles. The van der Waals surface area contributed by atoms with Crippen LogP contribution >= 0.6 is 0 Å². The van der Waals surface area contributed by atoms with E-state index in [1.54, 1.807) is 24.1 Å². The highest BCUT2D eigenvalue weighted by molar-refractivity contribution is 5.79. The van der Waals surface area contributed by atoms with E-state index < -0.39 is 11.7 Å². The molecule has 0 aromatic heterocycles. The lowest BCUT2D eigenvalue weighted by atomic mass is 10.0. The molecule has 2 atom stereocenters. The molecule has 1 aromatic carbocycles. The van der Waals surface area contributed by atoms with Gasteiger partial charge in [-0.1, -0.05) is 43.0 Å². The molecule has 4 nitrogen and oxygen atoms in total. The fourth-order valence-corrected chi connectivity index (χ4v) is 3.54. The molecule has 7 heteroatoms. The summed E-state index contributed by atoms with van der Waals surface area (Å²) >= 11 is 0. The molecular weight excluding hydrogens is 393 g/mol. The summed E-state index contributed by atoms with van der Waals surface area (Å²) in [6.45, 7) is 7.44. The Labute approximate surface area is 176 Å². The first kappa shape index (κ1) is 23.9. The van der Waals surface area contributed by atoms with Gasteiger partial charge in [-0.3, -0.25) is 9.69 Å². The number of benzene rings is 1. The minimum Gasteiger partial charge on any atom is -0.392 e. The van der Waals surface area contributed by atoms with Crippen LogP contribution in [0.2, 0.25) is 0 Å². The molecule has 0 unspecified atom stereocenters. The zero-order valence-corrected chi connectivity index (χ0v) is 17.4. The average Bonchev–Trinajstić information content (AvgIpc) is 3.11. The number of β-amino-alcohol motifs (C(OH)–C–C–N with tert-alkyl or cyclic N) is 1. The first-order valence-electron chi connectivity index (χ1n) is 9.93. The van der Waals surface area contributed by atoms with Crippen LogP contribution in [0.4, 0.5) is 13.2 Å². The number of aliphatic hydroxyl groups is 1. The standard InChI is InChI=1S/C23H29F3N2O2/c1-4-6-7-18(5-2)21(16-28-13-12-20(29)15-28)27(3)22(30)14-17-8-10-19(11-9-17)23(24,25)26/h4-11,20-21,29H,1,12-16H2,2-3H3/b7-6-,18-5+/t20-,21+/m0/s1. The second kappa shape index (κ2) is 10.6. The number of halogens is 3. The second-order valence-electron chi connectivity index (χ2n) is 7.48. The van der Waals surface area contributed by atoms with Crippen molar-refractivity contribution in [3.63, 3.8) is 0 Å². The Kier molecular flexibility index (Phi) is 8.43. The number of aliphatic hydroxyl groups excluding tert-OH is 1. The van der Waals surface area contributed by atoms with Crippen LogP contribution < -0.4 is 0 Å². The van der Waals surface area contributed by atoms with E-state index in [1.807, 2.05) is 19.1 Å². The largest absolute Gasteiger partial charge is 0.416 e. The Morgan fingerprint density at radius 3 is 2.53 bits per heavy atom. The highest BCUT2D eigenvalue weighted by atomic mass is 19.4. The van der Waals surface area contributed by atoms with Crippen molar-refractivity contribution in [3.8, 4) is 0 Å². The molecule has 2 rings (SSSR count). The van der Waals surface area contributed by atoms with Gasteiger partial charge >= 0.3 is 6.18 Å². The zero-order chi connectivity index (χ0) is 22.3. The third-order valence-corrected chi connectivity index (χ3v) is 5.32. The van der Waals surface area contributed by atoms with E-state index in [0.29, 0.717) is 25.1 Å². The molecule has 0 radical (unpaired) electrons. The van der Waals surface area contributed by atoms with Gasteiger partial charge in [0.25, 0.3) is 0 Å². The van der Waals surface area contributed by atoms with Crippen LogP contribution in [-0.4, -0.2) is 59.6 Å². The maximum Gasteiger partial charge on any atom is 0.416 e. The normalized spacial score (nSPS) is 19.3. The molecule has 1 N–H and O–H groups in total. The Bertz CT molecular complexity index is 785. The molecule has 1 amide bonds. The predicted molar refractivity (Wildman–Crippen MR) is 112 cm³/mol. The summed E-state index contributed by atoms with van der Waals surface area (Å²) in [5.74, 6) is -0.189. The van der Waals surface area contributed by atoms with Gasteiger partial charge in [0.1, 0.15) is 0 Å². The highest BCUT2D eigenvalue weighted by Gasteiger charge is 2.31. The van der Waals surface area contributed by atoms with E-state index in [2.05, 4.69) is 11.5 Å². The lowest BCUT2D eigenvalue weighted by Gasteiger charge is -2.33. The summed E-state index contributed by atoms with van der Waals surface area (Å²) in [5, 5.41) is 9.83. The number of hydrogen-bond acceptors (Lipinski definition) is 3. The molecular formula is C23H29F3N2O2. The van der Waals surface area contributed by atoms with Crippen molar-refractivity contribution in [1.29, 1.82) is 0 Å². The van der Waals surface area contributed by atoms with Crippen LogP contribution in [0, 0.1) is 0 Å². The van der Waals surface area contributed by atoms with Crippen LogP contribution in [0.1, 0.15) is 24.5 Å². The molecule has 30 heavy (non-hydrogen) atoms. The van der Waals surface area contributed by atoms with Crippen molar-refractivity contribution in [2.24, 2.45) is 0 Å². The lowest BCUT2D eigenvalue weighted by molar-refractivity contribution is -0.137. The fraction of sp³-hybridized carbons (Fsp3) is 0.435. The molecule has 1 aliphatic rings. The summed E-state index contributed by atoms with van der Waals surface area (Å²) in [6.07, 6.45) is 3.23. The van der Waals surface area contributed by atoms with Gasteiger partial charge in [-0.15, -0.1) is 0 Å². The average molecular weight is 422 g/mol. The van der Waals surface area contributed by atoms with Crippen molar-refractivity contribution in [3.05, 3.63) is 71.8 Å². The van der Waals surface area contributed by atoms with E-state index >= 15 is 0 Å². The van der Waals surface area contributed by atoms with E-state index in [0.717, 1.165) is 24.3 Å². The van der Waals surface area contributed by atoms with Crippen molar-refractivity contribution in [2.75, 3.05) is 26.7 Å². The molecule has 1 saturated heterocycles. The van der Waals surface area contributed by atoms with Crippen LogP contribution in [0.5, 0.6) is 0 Å². The molecule has 1 fully saturated rings. The van der Waals surface area contributed by atoms with Gasteiger partial charge in [0.05, 0.1) is 24.1 Å². The quantitative estimate of drug-likeness (QED) is 0.648. The maximum atomic E-state index is 12.9. The number of carbonyl (C=O) groups is 1. The molecule has 1 heterocycles. The summed E-state index contributed by atoms with van der Waals surface area (Å²) < 4.78 is 38.2. The van der Waals surface area contributed by atoms with Crippen LogP contribution in [0.15, 0.2) is 60.7 Å². The number of amides is 1. The summed E-state index contributed by atoms with van der Waals surface area (Å²) in [4.78, 5) is 16.7. The second-order valence-corrected chi connectivity index (χ2v) is 7.48. The minimum absolute atomic E-state index is 0.00985. The molecule has 0 bridgehead atoms. The maximum absolute atomic E-state index is 12.9. The molecule has 0 saturated carbocycles. The van der Waals surface area contributed by atoms with Gasteiger partial charge in [-0.05, 0) is 36.6 Å². The Balaban J connectivity index is 2.16. The van der Waals surface area contributed by atoms with Gasteiger partial charge in [0, 0.05) is 26.7 Å². The Hall–Kier alpha value is -2.38. The van der Waals surface area contributed by atoms with Crippen molar-refractivity contribution in [2.45, 2.75) is 38.1 Å². The number of hydrogen-bond donors (Lipinski definition) is 1. The molecule has 0 spiro atoms. The monoisotopic (exact) mass is 422 g/mol. The van der Waals surface area contributed by atoms with Crippen molar-refractivity contribution >= 4 is 5.91 Å². The van der Waals surface area contributed by atoms with Gasteiger partial charge in [0.15, 0.2) is 0 Å². The van der Waals surface area contributed by atoms with E-state index in [4.69, 9.17) is 0 Å². The minimum atomic E-state index is -4.40. The van der Waals surface area contributed by atoms with Crippen molar-refractivity contribution < 1.29 is 23.1 Å². The van der Waals surface area contributed by atoms with Crippen LogP contribution in [0.25, 0.3) is 0 Å². The lowest BCUT2D eigenvalue weighted by Crippen LogP contribution is -2.46. The smallest absolute Gasteiger partial charge is 0.392 e. The first-order chi connectivity index (χ1) is 14.2. The van der Waals surface area contributed by atoms with Crippen LogP contribution in [-0.2, 0) is 17.4 Å². The zero-order valence-electron chi connectivity index (χ0n) is 17.4.